The molecule has 0 atom stereocenters. The zero-order valence-electron chi connectivity index (χ0n) is 11.9. The highest BCUT2D eigenvalue weighted by atomic mass is 16.5. The predicted molar refractivity (Wildman–Crippen MR) is 78.2 cm³/mol. The summed E-state index contributed by atoms with van der Waals surface area (Å²) in [7, 11) is 0. The van der Waals surface area contributed by atoms with E-state index in [2.05, 4.69) is 44.8 Å². The van der Waals surface area contributed by atoms with Crippen LogP contribution in [0.3, 0.4) is 0 Å². The van der Waals surface area contributed by atoms with E-state index in [9.17, 15) is 0 Å². The maximum Gasteiger partial charge on any atom is 0.125 e. The van der Waals surface area contributed by atoms with Gasteiger partial charge in [0, 0.05) is 6.54 Å². The second-order valence-corrected chi connectivity index (χ2v) is 4.66. The lowest BCUT2D eigenvalue weighted by atomic mass is 10.1. The third-order valence-electron chi connectivity index (χ3n) is 2.84. The standard InChI is InChI=1S/C16H25NO/c1-5-7-9-18-16-13(3)10-15(11-14(16)4)12-17-8-6-2/h5,10-11,17H,1,6-9,12H2,2-4H3. The minimum absolute atomic E-state index is 0.707. The van der Waals surface area contributed by atoms with E-state index < -0.39 is 0 Å². The molecule has 0 amide bonds. The lowest BCUT2D eigenvalue weighted by Crippen LogP contribution is -2.14. The van der Waals surface area contributed by atoms with Gasteiger partial charge in [0.1, 0.15) is 5.75 Å². The predicted octanol–water partition coefficient (Wildman–Crippen LogP) is 3.76. The van der Waals surface area contributed by atoms with Crippen molar-refractivity contribution in [2.75, 3.05) is 13.2 Å². The molecule has 0 unspecified atom stereocenters. The van der Waals surface area contributed by atoms with Crippen LogP contribution < -0.4 is 10.1 Å². The van der Waals surface area contributed by atoms with E-state index >= 15 is 0 Å². The summed E-state index contributed by atoms with van der Waals surface area (Å²) in [5.41, 5.74) is 3.76. The average molecular weight is 247 g/mol. The highest BCUT2D eigenvalue weighted by molar-refractivity contribution is 5.43. The van der Waals surface area contributed by atoms with Gasteiger partial charge in [-0.3, -0.25) is 0 Å². The van der Waals surface area contributed by atoms with Gasteiger partial charge in [0.25, 0.3) is 0 Å². The number of rotatable bonds is 8. The number of aryl methyl sites for hydroxylation is 2. The summed E-state index contributed by atoms with van der Waals surface area (Å²) < 4.78 is 5.80. The Morgan fingerprint density at radius 1 is 1.28 bits per heavy atom. The quantitative estimate of drug-likeness (QED) is 0.558. The maximum atomic E-state index is 5.80. The number of hydrogen-bond donors (Lipinski definition) is 1. The van der Waals surface area contributed by atoms with Gasteiger partial charge >= 0.3 is 0 Å². The van der Waals surface area contributed by atoms with Gasteiger partial charge in [0.2, 0.25) is 0 Å². The molecule has 18 heavy (non-hydrogen) atoms. The van der Waals surface area contributed by atoms with Crippen LogP contribution in [0.15, 0.2) is 24.8 Å². The number of benzene rings is 1. The molecule has 0 bridgehead atoms. The van der Waals surface area contributed by atoms with Gasteiger partial charge in [-0.15, -0.1) is 6.58 Å². The molecule has 0 aliphatic carbocycles. The molecule has 0 aromatic heterocycles. The van der Waals surface area contributed by atoms with E-state index in [0.29, 0.717) is 6.61 Å². The third kappa shape index (κ3) is 4.53. The van der Waals surface area contributed by atoms with Crippen molar-refractivity contribution in [2.45, 2.75) is 40.2 Å². The van der Waals surface area contributed by atoms with Gasteiger partial charge in [-0.05, 0) is 49.9 Å². The van der Waals surface area contributed by atoms with Gasteiger partial charge in [-0.1, -0.05) is 25.1 Å². The van der Waals surface area contributed by atoms with Gasteiger partial charge in [0.15, 0.2) is 0 Å². The van der Waals surface area contributed by atoms with Crippen LogP contribution in [0.1, 0.15) is 36.5 Å². The van der Waals surface area contributed by atoms with Gasteiger partial charge in [-0.25, -0.2) is 0 Å². The van der Waals surface area contributed by atoms with Crippen molar-refractivity contribution in [3.63, 3.8) is 0 Å². The lowest BCUT2D eigenvalue weighted by Gasteiger charge is -2.14. The summed E-state index contributed by atoms with van der Waals surface area (Å²) >= 11 is 0. The Morgan fingerprint density at radius 3 is 2.50 bits per heavy atom. The second kappa shape index (κ2) is 7.93. The maximum absolute atomic E-state index is 5.80. The first-order valence-corrected chi connectivity index (χ1v) is 6.73. The summed E-state index contributed by atoms with van der Waals surface area (Å²) in [5.74, 6) is 1.02. The SMILES string of the molecule is C=CCCOc1c(C)cc(CNCCC)cc1C. The Bertz CT molecular complexity index is 362. The fourth-order valence-electron chi connectivity index (χ4n) is 2.02. The molecule has 0 fully saturated rings. The molecular formula is C16H25NO. The van der Waals surface area contributed by atoms with E-state index in [4.69, 9.17) is 4.74 Å². The zero-order valence-corrected chi connectivity index (χ0v) is 11.9. The Balaban J connectivity index is 2.67. The lowest BCUT2D eigenvalue weighted by molar-refractivity contribution is 0.320. The normalized spacial score (nSPS) is 10.4. The Hall–Kier alpha value is -1.28. The molecular weight excluding hydrogens is 222 g/mol. The van der Waals surface area contributed by atoms with E-state index in [1.807, 2.05) is 6.08 Å². The van der Waals surface area contributed by atoms with Crippen molar-refractivity contribution in [2.24, 2.45) is 0 Å². The van der Waals surface area contributed by atoms with Crippen LogP contribution in [-0.2, 0) is 6.54 Å². The first kappa shape index (κ1) is 14.8. The third-order valence-corrected chi connectivity index (χ3v) is 2.84. The van der Waals surface area contributed by atoms with Gasteiger partial charge < -0.3 is 10.1 Å². The van der Waals surface area contributed by atoms with E-state index in [0.717, 1.165) is 25.3 Å². The summed E-state index contributed by atoms with van der Waals surface area (Å²) in [4.78, 5) is 0. The molecule has 100 valence electrons. The molecule has 0 aliphatic heterocycles. The molecule has 0 spiro atoms. The topological polar surface area (TPSA) is 21.3 Å². The number of hydrogen-bond acceptors (Lipinski definition) is 2. The second-order valence-electron chi connectivity index (χ2n) is 4.66. The summed E-state index contributed by atoms with van der Waals surface area (Å²) in [6, 6.07) is 4.41. The van der Waals surface area contributed by atoms with Gasteiger partial charge in [-0.2, -0.15) is 0 Å². The smallest absolute Gasteiger partial charge is 0.125 e. The number of nitrogens with one attached hydrogen (secondary N) is 1. The first-order chi connectivity index (χ1) is 8.69. The van der Waals surface area contributed by atoms with Crippen molar-refractivity contribution < 1.29 is 4.74 Å². The molecule has 1 aromatic rings. The molecule has 0 radical (unpaired) electrons. The van der Waals surface area contributed by atoms with Crippen LogP contribution in [0.5, 0.6) is 5.75 Å². The van der Waals surface area contributed by atoms with Crippen molar-refractivity contribution in [3.05, 3.63) is 41.5 Å². The molecule has 0 saturated heterocycles. The molecule has 1 N–H and O–H groups in total. The van der Waals surface area contributed by atoms with Crippen LogP contribution in [-0.4, -0.2) is 13.2 Å². The van der Waals surface area contributed by atoms with Crippen molar-refractivity contribution in [1.82, 2.24) is 5.32 Å². The Labute approximate surface area is 111 Å². The van der Waals surface area contributed by atoms with Crippen LogP contribution >= 0.6 is 0 Å². The summed E-state index contributed by atoms with van der Waals surface area (Å²) in [6.07, 6.45) is 3.94. The van der Waals surface area contributed by atoms with Crippen molar-refractivity contribution in [3.8, 4) is 5.75 Å². The first-order valence-electron chi connectivity index (χ1n) is 6.73. The molecule has 1 aromatic carbocycles. The number of ether oxygens (including phenoxy) is 1. The fraction of sp³-hybridized carbons (Fsp3) is 0.500. The minimum atomic E-state index is 0.707. The van der Waals surface area contributed by atoms with Crippen LogP contribution in [0.4, 0.5) is 0 Å². The minimum Gasteiger partial charge on any atom is -0.493 e. The Kier molecular flexibility index (Phi) is 6.51. The highest BCUT2D eigenvalue weighted by Gasteiger charge is 2.06. The van der Waals surface area contributed by atoms with E-state index in [1.54, 1.807) is 0 Å². The fourth-order valence-corrected chi connectivity index (χ4v) is 2.02. The van der Waals surface area contributed by atoms with E-state index in [-0.39, 0.29) is 0 Å². The van der Waals surface area contributed by atoms with Crippen LogP contribution in [0.2, 0.25) is 0 Å². The summed E-state index contributed by atoms with van der Waals surface area (Å²) in [5, 5.41) is 3.42. The van der Waals surface area contributed by atoms with Crippen molar-refractivity contribution >= 4 is 0 Å². The monoisotopic (exact) mass is 247 g/mol. The van der Waals surface area contributed by atoms with E-state index in [1.165, 1.54) is 23.1 Å². The Morgan fingerprint density at radius 2 is 1.94 bits per heavy atom. The summed E-state index contributed by atoms with van der Waals surface area (Å²) in [6.45, 7) is 12.8. The van der Waals surface area contributed by atoms with Crippen molar-refractivity contribution in [1.29, 1.82) is 0 Å². The molecule has 0 heterocycles. The largest absolute Gasteiger partial charge is 0.493 e. The van der Waals surface area contributed by atoms with Crippen LogP contribution in [0.25, 0.3) is 0 Å². The molecule has 2 heteroatoms. The van der Waals surface area contributed by atoms with Crippen LogP contribution in [0, 0.1) is 13.8 Å². The molecule has 0 saturated carbocycles. The molecule has 2 nitrogen and oxygen atoms in total. The average Bonchev–Trinajstić information content (AvgIpc) is 2.33. The zero-order chi connectivity index (χ0) is 13.4. The highest BCUT2D eigenvalue weighted by Crippen LogP contribution is 2.25. The molecule has 1 rings (SSSR count). The molecule has 0 aliphatic rings. The van der Waals surface area contributed by atoms with Gasteiger partial charge in [0.05, 0.1) is 6.61 Å².